The number of ether oxygens (including phenoxy) is 1. The molecule has 0 aliphatic rings. The van der Waals surface area contributed by atoms with Crippen molar-refractivity contribution in [2.24, 2.45) is 5.92 Å². The van der Waals surface area contributed by atoms with E-state index in [1.54, 1.807) is 26.8 Å². The molecule has 0 unspecified atom stereocenters. The Bertz CT molecular complexity index is 1230. The highest BCUT2D eigenvalue weighted by Crippen LogP contribution is 2.25. The Balaban J connectivity index is 2.26. The quantitative estimate of drug-likeness (QED) is 0.254. The highest BCUT2D eigenvalue weighted by atomic mass is 79.9. The topological polar surface area (TPSA) is 133 Å². The molecule has 0 saturated carbocycles. The van der Waals surface area contributed by atoms with Crippen LogP contribution in [0.25, 0.3) is 0 Å². The van der Waals surface area contributed by atoms with Crippen molar-refractivity contribution in [2.45, 2.75) is 57.1 Å². The van der Waals surface area contributed by atoms with E-state index in [1.807, 2.05) is 0 Å². The molecule has 0 fully saturated rings. The molecule has 0 amide bonds. The SMILES string of the molecule is C[C@H](NS(=O)(=O)c1ccccc1[N+](=O)[O-])C(=O)C[C@@H](Cc1ccc(Br)cc1F)C(=O)OC(C)(C)C. The van der Waals surface area contributed by atoms with Gasteiger partial charge in [0.05, 0.1) is 16.9 Å². The zero-order valence-corrected chi connectivity index (χ0v) is 22.0. The zero-order chi connectivity index (χ0) is 26.6. The third-order valence-corrected chi connectivity index (χ3v) is 6.92. The molecule has 12 heteroatoms. The summed E-state index contributed by atoms with van der Waals surface area (Å²) in [6, 6.07) is 7.70. The van der Waals surface area contributed by atoms with Gasteiger partial charge in [0.2, 0.25) is 10.0 Å². The smallest absolute Gasteiger partial charge is 0.310 e. The number of benzene rings is 2. The summed E-state index contributed by atoms with van der Waals surface area (Å²) in [6.45, 7) is 6.20. The average Bonchev–Trinajstić information content (AvgIpc) is 2.73. The van der Waals surface area contributed by atoms with E-state index >= 15 is 0 Å². The lowest BCUT2D eigenvalue weighted by molar-refractivity contribution is -0.387. The second-order valence-electron chi connectivity index (χ2n) is 8.91. The van der Waals surface area contributed by atoms with Crippen molar-refractivity contribution < 1.29 is 32.1 Å². The molecule has 0 aromatic heterocycles. The Morgan fingerprint density at radius 2 is 1.83 bits per heavy atom. The second-order valence-corrected chi connectivity index (χ2v) is 11.5. The zero-order valence-electron chi connectivity index (χ0n) is 19.6. The minimum Gasteiger partial charge on any atom is -0.460 e. The number of carbonyl (C=O) groups excluding carboxylic acids is 2. The number of nitro groups is 1. The van der Waals surface area contributed by atoms with E-state index in [0.717, 1.165) is 12.1 Å². The van der Waals surface area contributed by atoms with Crippen LogP contribution in [0.1, 0.15) is 39.7 Å². The van der Waals surface area contributed by atoms with Crippen LogP contribution in [0.15, 0.2) is 51.8 Å². The standard InChI is InChI=1S/C23H26BrFN2O7S/c1-14(26-35(32,33)21-8-6-5-7-19(21)27(30)31)20(28)12-16(22(29)34-23(2,3)4)11-15-9-10-17(24)13-18(15)25/h5-10,13-14,16,26H,11-12H2,1-4H3/t14-,16+/m0/s1. The summed E-state index contributed by atoms with van der Waals surface area (Å²) in [4.78, 5) is 35.5. The molecule has 2 atom stereocenters. The molecule has 9 nitrogen and oxygen atoms in total. The molecule has 0 heterocycles. The van der Waals surface area contributed by atoms with Crippen LogP contribution in [0.4, 0.5) is 10.1 Å². The fourth-order valence-corrected chi connectivity index (χ4v) is 4.93. The van der Waals surface area contributed by atoms with Gasteiger partial charge in [0, 0.05) is 17.0 Å². The van der Waals surface area contributed by atoms with E-state index in [4.69, 9.17) is 4.74 Å². The van der Waals surface area contributed by atoms with Gasteiger partial charge in [-0.05, 0) is 57.9 Å². The first-order chi connectivity index (χ1) is 16.1. The number of ketones is 1. The van der Waals surface area contributed by atoms with Crippen molar-refractivity contribution in [2.75, 3.05) is 0 Å². The number of halogens is 2. The van der Waals surface area contributed by atoms with Crippen molar-refractivity contribution in [1.29, 1.82) is 0 Å². The number of sulfonamides is 1. The molecule has 190 valence electrons. The van der Waals surface area contributed by atoms with E-state index in [9.17, 15) is 32.5 Å². The van der Waals surface area contributed by atoms with Crippen molar-refractivity contribution >= 4 is 43.4 Å². The molecule has 2 rings (SSSR count). The summed E-state index contributed by atoms with van der Waals surface area (Å²) in [5.74, 6) is -3.07. The van der Waals surface area contributed by atoms with Crippen LogP contribution in [0.2, 0.25) is 0 Å². The summed E-state index contributed by atoms with van der Waals surface area (Å²) >= 11 is 3.16. The summed E-state index contributed by atoms with van der Waals surface area (Å²) in [5, 5.41) is 11.2. The fourth-order valence-electron chi connectivity index (χ4n) is 3.19. The number of rotatable bonds is 10. The second kappa shape index (κ2) is 11.4. The van der Waals surface area contributed by atoms with Gasteiger partial charge in [-0.3, -0.25) is 19.7 Å². The first-order valence-corrected chi connectivity index (χ1v) is 12.8. The molecular weight excluding hydrogens is 547 g/mol. The van der Waals surface area contributed by atoms with Gasteiger partial charge in [0.25, 0.3) is 5.69 Å². The van der Waals surface area contributed by atoms with Crippen LogP contribution < -0.4 is 4.72 Å². The monoisotopic (exact) mass is 572 g/mol. The molecule has 0 radical (unpaired) electrons. The first kappa shape index (κ1) is 28.5. The number of nitro benzene ring substituents is 1. The summed E-state index contributed by atoms with van der Waals surface area (Å²) < 4.78 is 47.9. The summed E-state index contributed by atoms with van der Waals surface area (Å²) in [7, 11) is -4.43. The number of nitrogens with one attached hydrogen (secondary N) is 1. The highest BCUT2D eigenvalue weighted by molar-refractivity contribution is 9.10. The predicted molar refractivity (Wildman–Crippen MR) is 130 cm³/mol. The highest BCUT2D eigenvalue weighted by Gasteiger charge is 2.33. The molecule has 1 N–H and O–H groups in total. The van der Waals surface area contributed by atoms with Gasteiger partial charge >= 0.3 is 5.97 Å². The van der Waals surface area contributed by atoms with Crippen LogP contribution >= 0.6 is 15.9 Å². The molecule has 0 spiro atoms. The van der Waals surface area contributed by atoms with Gasteiger partial charge in [-0.25, -0.2) is 17.5 Å². The van der Waals surface area contributed by atoms with Crippen molar-refractivity contribution in [3.8, 4) is 0 Å². The Hall–Kier alpha value is -2.70. The van der Waals surface area contributed by atoms with Crippen LogP contribution in [0.3, 0.4) is 0 Å². The predicted octanol–water partition coefficient (Wildman–Crippen LogP) is 4.32. The lowest BCUT2D eigenvalue weighted by Gasteiger charge is -2.24. The van der Waals surface area contributed by atoms with Crippen LogP contribution in [-0.4, -0.2) is 36.7 Å². The lowest BCUT2D eigenvalue weighted by Crippen LogP contribution is -2.40. The van der Waals surface area contributed by atoms with Gasteiger partial charge in [-0.1, -0.05) is 34.1 Å². The van der Waals surface area contributed by atoms with Crippen LogP contribution in [0, 0.1) is 21.8 Å². The molecule has 0 aliphatic heterocycles. The van der Waals surface area contributed by atoms with Gasteiger partial charge in [-0.2, -0.15) is 0 Å². The minimum absolute atomic E-state index is 0.149. The molecule has 2 aromatic rings. The van der Waals surface area contributed by atoms with E-state index < -0.39 is 67.1 Å². The maximum atomic E-state index is 14.4. The molecular formula is C23H26BrFN2O7S. The largest absolute Gasteiger partial charge is 0.460 e. The van der Waals surface area contributed by atoms with E-state index in [2.05, 4.69) is 20.7 Å². The van der Waals surface area contributed by atoms with Crippen LogP contribution in [-0.2, 0) is 30.8 Å². The third kappa shape index (κ3) is 8.18. The molecule has 0 saturated heterocycles. The maximum absolute atomic E-state index is 14.4. The van der Waals surface area contributed by atoms with E-state index in [0.29, 0.717) is 4.47 Å². The first-order valence-electron chi connectivity index (χ1n) is 10.6. The third-order valence-electron chi connectivity index (χ3n) is 4.84. The Labute approximate surface area is 211 Å². The van der Waals surface area contributed by atoms with Gasteiger partial charge in [-0.15, -0.1) is 0 Å². The maximum Gasteiger partial charge on any atom is 0.310 e. The van der Waals surface area contributed by atoms with Crippen LogP contribution in [0.5, 0.6) is 0 Å². The normalized spacial score (nSPS) is 13.7. The minimum atomic E-state index is -4.43. The summed E-state index contributed by atoms with van der Waals surface area (Å²) in [5.41, 5.74) is -1.32. The molecule has 35 heavy (non-hydrogen) atoms. The number of Topliss-reactive ketones (excluding diaryl/α,β-unsaturated/α-hetero) is 1. The lowest BCUT2D eigenvalue weighted by atomic mass is 9.92. The van der Waals surface area contributed by atoms with Crippen molar-refractivity contribution in [3.05, 3.63) is 68.4 Å². The average molecular weight is 573 g/mol. The number of carbonyl (C=O) groups is 2. The van der Waals surface area contributed by atoms with E-state index in [-0.39, 0.29) is 12.0 Å². The Kier molecular flexibility index (Phi) is 9.26. The number of para-hydroxylation sites is 1. The number of esters is 1. The number of hydrogen-bond donors (Lipinski definition) is 1. The van der Waals surface area contributed by atoms with Crippen molar-refractivity contribution in [3.63, 3.8) is 0 Å². The van der Waals surface area contributed by atoms with Crippen molar-refractivity contribution in [1.82, 2.24) is 4.72 Å². The van der Waals surface area contributed by atoms with Gasteiger partial charge in [0.15, 0.2) is 10.7 Å². The van der Waals surface area contributed by atoms with Gasteiger partial charge in [0.1, 0.15) is 11.4 Å². The fraction of sp³-hybridized carbons (Fsp3) is 0.391. The Morgan fingerprint density at radius 3 is 2.40 bits per heavy atom. The van der Waals surface area contributed by atoms with Gasteiger partial charge < -0.3 is 4.74 Å². The number of nitrogens with zero attached hydrogens (tertiary/aromatic N) is 1. The number of hydrogen-bond acceptors (Lipinski definition) is 7. The molecule has 0 aliphatic carbocycles. The summed E-state index contributed by atoms with van der Waals surface area (Å²) in [6.07, 6.45) is -0.589. The Morgan fingerprint density at radius 1 is 1.20 bits per heavy atom. The molecule has 0 bridgehead atoms. The molecule has 2 aromatic carbocycles. The van der Waals surface area contributed by atoms with E-state index in [1.165, 1.54) is 31.2 Å².